The first-order chi connectivity index (χ1) is 12.1. The molecule has 1 amide bonds. The summed E-state index contributed by atoms with van der Waals surface area (Å²) in [5, 5.41) is 0.599. The van der Waals surface area contributed by atoms with Crippen LogP contribution >= 0.6 is 0 Å². The first-order valence-corrected chi connectivity index (χ1v) is 8.48. The second kappa shape index (κ2) is 6.16. The molecule has 0 fully saturated rings. The van der Waals surface area contributed by atoms with E-state index in [-0.39, 0.29) is 17.9 Å². The van der Waals surface area contributed by atoms with Gasteiger partial charge < -0.3 is 4.90 Å². The third-order valence-corrected chi connectivity index (χ3v) is 4.81. The van der Waals surface area contributed by atoms with Gasteiger partial charge in [-0.05, 0) is 36.6 Å². The van der Waals surface area contributed by atoms with E-state index in [1.807, 2.05) is 42.2 Å². The van der Waals surface area contributed by atoms with Crippen molar-refractivity contribution in [2.24, 2.45) is 0 Å². The minimum atomic E-state index is -0.0941. The Morgan fingerprint density at radius 1 is 1.16 bits per heavy atom. The van der Waals surface area contributed by atoms with E-state index in [0.717, 1.165) is 23.2 Å². The molecule has 1 aliphatic heterocycles. The second-order valence-corrected chi connectivity index (χ2v) is 6.39. The molecule has 4 rings (SSSR count). The number of fused-ring (bicyclic) bond motifs is 2. The highest BCUT2D eigenvalue weighted by molar-refractivity contribution is 5.95. The summed E-state index contributed by atoms with van der Waals surface area (Å²) in [4.78, 5) is 31.4. The Morgan fingerprint density at radius 2 is 2.00 bits per heavy atom. The van der Waals surface area contributed by atoms with E-state index in [1.54, 1.807) is 12.4 Å². The molecule has 1 aromatic heterocycles. The van der Waals surface area contributed by atoms with Crippen molar-refractivity contribution in [2.45, 2.75) is 26.3 Å². The normalized spacial score (nSPS) is 13.2. The minimum absolute atomic E-state index is 0.0428. The van der Waals surface area contributed by atoms with Gasteiger partial charge in [-0.3, -0.25) is 14.2 Å². The number of carbonyl (C=O) groups excluding carboxylic acids is 1. The van der Waals surface area contributed by atoms with Gasteiger partial charge in [0.05, 0.1) is 17.2 Å². The van der Waals surface area contributed by atoms with Crippen LogP contribution in [0.15, 0.2) is 53.6 Å². The number of carbonyl (C=O) groups is 1. The molecule has 0 bridgehead atoms. The molecule has 126 valence electrons. The Balaban J connectivity index is 1.54. The van der Waals surface area contributed by atoms with E-state index in [1.165, 1.54) is 10.1 Å². The Morgan fingerprint density at radius 3 is 2.88 bits per heavy atom. The molecular weight excluding hydrogens is 314 g/mol. The van der Waals surface area contributed by atoms with Crippen LogP contribution in [0.4, 0.5) is 5.69 Å². The minimum Gasteiger partial charge on any atom is -0.312 e. The van der Waals surface area contributed by atoms with E-state index < -0.39 is 0 Å². The van der Waals surface area contributed by atoms with Gasteiger partial charge in [0.2, 0.25) is 5.91 Å². The summed E-state index contributed by atoms with van der Waals surface area (Å²) in [6.07, 6.45) is 2.72. The van der Waals surface area contributed by atoms with Crippen molar-refractivity contribution in [2.75, 3.05) is 11.4 Å². The molecule has 2 heterocycles. The number of rotatable bonds is 3. The first kappa shape index (κ1) is 15.6. The maximum Gasteiger partial charge on any atom is 0.261 e. The highest BCUT2D eigenvalue weighted by atomic mass is 16.2. The number of benzene rings is 2. The summed E-state index contributed by atoms with van der Waals surface area (Å²) in [7, 11) is 0. The quantitative estimate of drug-likeness (QED) is 0.740. The lowest BCUT2D eigenvalue weighted by atomic mass is 10.1. The lowest BCUT2D eigenvalue weighted by molar-refractivity contribution is -0.118. The van der Waals surface area contributed by atoms with Gasteiger partial charge in [-0.1, -0.05) is 30.3 Å². The van der Waals surface area contributed by atoms with Crippen LogP contribution in [0, 0.1) is 6.92 Å². The number of aromatic nitrogens is 2. The summed E-state index contributed by atoms with van der Waals surface area (Å²) in [5.41, 5.74) is 3.81. The molecule has 0 unspecified atom stereocenters. The molecule has 0 spiro atoms. The molecule has 5 nitrogen and oxygen atoms in total. The molecule has 1 aliphatic rings. The number of nitrogens with zero attached hydrogens (tertiary/aromatic N) is 3. The predicted octanol–water partition coefficient (Wildman–Crippen LogP) is 2.68. The van der Waals surface area contributed by atoms with E-state index >= 15 is 0 Å². The van der Waals surface area contributed by atoms with Crippen LogP contribution in [-0.2, 0) is 17.8 Å². The van der Waals surface area contributed by atoms with Crippen LogP contribution in [0.3, 0.4) is 0 Å². The van der Waals surface area contributed by atoms with Crippen molar-refractivity contribution < 1.29 is 4.79 Å². The number of hydrogen-bond acceptors (Lipinski definition) is 3. The summed E-state index contributed by atoms with van der Waals surface area (Å²) >= 11 is 0. The van der Waals surface area contributed by atoms with Gasteiger partial charge in [-0.15, -0.1) is 0 Å². The van der Waals surface area contributed by atoms with E-state index in [4.69, 9.17) is 0 Å². The highest BCUT2D eigenvalue weighted by Gasteiger charge is 2.23. The van der Waals surface area contributed by atoms with Crippen LogP contribution in [0.5, 0.6) is 0 Å². The van der Waals surface area contributed by atoms with Gasteiger partial charge in [0.1, 0.15) is 0 Å². The smallest absolute Gasteiger partial charge is 0.261 e. The van der Waals surface area contributed by atoms with E-state index in [0.29, 0.717) is 18.5 Å². The van der Waals surface area contributed by atoms with Gasteiger partial charge >= 0.3 is 0 Å². The van der Waals surface area contributed by atoms with Crippen molar-refractivity contribution in [1.29, 1.82) is 0 Å². The van der Waals surface area contributed by atoms with Crippen LogP contribution in [-0.4, -0.2) is 22.0 Å². The number of anilines is 1. The Labute approximate surface area is 145 Å². The summed E-state index contributed by atoms with van der Waals surface area (Å²) in [6, 6.07) is 13.6. The van der Waals surface area contributed by atoms with Crippen LogP contribution in [0.25, 0.3) is 10.9 Å². The van der Waals surface area contributed by atoms with E-state index in [9.17, 15) is 9.59 Å². The van der Waals surface area contributed by atoms with Gasteiger partial charge in [0, 0.05) is 25.2 Å². The van der Waals surface area contributed by atoms with Crippen LogP contribution in [0.1, 0.15) is 17.5 Å². The third kappa shape index (κ3) is 2.71. The molecule has 0 aliphatic carbocycles. The molecule has 2 aromatic carbocycles. The average molecular weight is 333 g/mol. The standard InChI is InChI=1S/C20H19N3O2/c1-14-5-4-7-16-19(14)21-13-22(20(16)25)11-10-18(24)23-12-9-15-6-2-3-8-17(15)23/h2-8,13H,9-12H2,1H3. The fourth-order valence-electron chi connectivity index (χ4n) is 3.45. The van der Waals surface area contributed by atoms with Crippen molar-refractivity contribution in [3.05, 3.63) is 70.3 Å². The number of aryl methyl sites for hydroxylation is 2. The zero-order chi connectivity index (χ0) is 17.4. The Bertz CT molecular complexity index is 1020. The molecule has 3 aromatic rings. The Hall–Kier alpha value is -2.95. The topological polar surface area (TPSA) is 55.2 Å². The van der Waals surface area contributed by atoms with Crippen LogP contribution in [0.2, 0.25) is 0 Å². The van der Waals surface area contributed by atoms with Crippen LogP contribution < -0.4 is 10.5 Å². The maximum atomic E-state index is 12.6. The molecule has 0 atom stereocenters. The van der Waals surface area contributed by atoms with Crippen molar-refractivity contribution in [3.8, 4) is 0 Å². The van der Waals surface area contributed by atoms with Gasteiger partial charge in [-0.25, -0.2) is 4.98 Å². The monoisotopic (exact) mass is 333 g/mol. The fourth-order valence-corrected chi connectivity index (χ4v) is 3.45. The second-order valence-electron chi connectivity index (χ2n) is 6.39. The summed E-state index contributed by atoms with van der Waals surface area (Å²) < 4.78 is 1.53. The number of amides is 1. The summed E-state index contributed by atoms with van der Waals surface area (Å²) in [6.45, 7) is 2.99. The predicted molar refractivity (Wildman–Crippen MR) is 97.9 cm³/mol. The molecule has 5 heteroatoms. The third-order valence-electron chi connectivity index (χ3n) is 4.81. The lowest BCUT2D eigenvalue weighted by Crippen LogP contribution is -2.31. The average Bonchev–Trinajstić information content (AvgIpc) is 3.06. The Kier molecular flexibility index (Phi) is 3.84. The van der Waals surface area contributed by atoms with Gasteiger partial charge in [-0.2, -0.15) is 0 Å². The van der Waals surface area contributed by atoms with Crippen molar-refractivity contribution in [1.82, 2.24) is 9.55 Å². The maximum absolute atomic E-state index is 12.6. The SMILES string of the molecule is Cc1cccc2c(=O)n(CCC(=O)N3CCc4ccccc43)cnc12. The lowest BCUT2D eigenvalue weighted by Gasteiger charge is -2.17. The largest absolute Gasteiger partial charge is 0.312 e. The molecular formula is C20H19N3O2. The molecule has 0 saturated heterocycles. The molecule has 25 heavy (non-hydrogen) atoms. The van der Waals surface area contributed by atoms with Crippen molar-refractivity contribution >= 4 is 22.5 Å². The van der Waals surface area contributed by atoms with Crippen molar-refractivity contribution in [3.63, 3.8) is 0 Å². The highest BCUT2D eigenvalue weighted by Crippen LogP contribution is 2.27. The zero-order valence-electron chi connectivity index (χ0n) is 14.1. The summed E-state index contributed by atoms with van der Waals surface area (Å²) in [5.74, 6) is 0.0428. The van der Waals surface area contributed by atoms with Gasteiger partial charge in [0.15, 0.2) is 0 Å². The van der Waals surface area contributed by atoms with E-state index in [2.05, 4.69) is 11.1 Å². The molecule has 0 saturated carbocycles. The number of hydrogen-bond donors (Lipinski definition) is 0. The number of para-hydroxylation sites is 2. The molecule has 0 N–H and O–H groups in total. The fraction of sp³-hybridized carbons (Fsp3) is 0.250. The zero-order valence-corrected chi connectivity index (χ0v) is 14.1. The first-order valence-electron chi connectivity index (χ1n) is 8.48. The molecule has 0 radical (unpaired) electrons. The van der Waals surface area contributed by atoms with Gasteiger partial charge in [0.25, 0.3) is 5.56 Å².